The highest BCUT2D eigenvalue weighted by molar-refractivity contribution is 6.17. The Morgan fingerprint density at radius 1 is 1.16 bits per heavy atom. The highest BCUT2D eigenvalue weighted by Gasteiger charge is 2.60. The molecule has 1 fully saturated rings. The molecule has 1 saturated carbocycles. The summed E-state index contributed by atoms with van der Waals surface area (Å²) < 4.78 is 0. The number of hydrogen-bond donors (Lipinski definition) is 7. The third-order valence-electron chi connectivity index (χ3n) is 7.23. The first kappa shape index (κ1) is 30.5. The Kier molecular flexibility index (Phi) is 9.37. The summed E-state index contributed by atoms with van der Waals surface area (Å²) in [5.41, 5.74) is 2.64. The predicted molar refractivity (Wildman–Crippen MR) is 137 cm³/mol. The van der Waals surface area contributed by atoms with E-state index < -0.39 is 70.8 Å². The monoisotopic (exact) mass is 559 g/mol. The standard InChI is InChI=1S/C24H29N3O8.2ClH/c1-2-5-26-9-16(30)27-14-4-3-12-17(23(25)34)13-7-10-6-11(28)8-15(29)24(10,35)22(33)19(13)21(32)18(12)20(14)31;;/h3-4,10-11,13,17,26,28,31,33,35H,2,5-9H2,1H3,(H2,25,34)(H,27,30);2*1H. The second kappa shape index (κ2) is 11.4. The number of phenols is 1. The number of carbonyl (C=O) groups is 4. The molecule has 204 valence electrons. The summed E-state index contributed by atoms with van der Waals surface area (Å²) in [6, 6.07) is 2.77. The van der Waals surface area contributed by atoms with Crippen molar-refractivity contribution < 1.29 is 39.6 Å². The quantitative estimate of drug-likeness (QED) is 0.195. The fourth-order valence-corrected chi connectivity index (χ4v) is 5.64. The highest BCUT2D eigenvalue weighted by Crippen LogP contribution is 2.54. The van der Waals surface area contributed by atoms with Crippen LogP contribution in [-0.4, -0.2) is 68.6 Å². The van der Waals surface area contributed by atoms with E-state index in [1.807, 2.05) is 6.92 Å². The Morgan fingerprint density at radius 3 is 2.46 bits per heavy atom. The summed E-state index contributed by atoms with van der Waals surface area (Å²) in [4.78, 5) is 51.0. The topological polar surface area (TPSA) is 199 Å². The number of nitrogens with one attached hydrogen (secondary N) is 2. The number of aliphatic hydroxyl groups is 3. The molecule has 0 aliphatic heterocycles. The van der Waals surface area contributed by atoms with Crippen LogP contribution in [0.3, 0.4) is 0 Å². The van der Waals surface area contributed by atoms with Crippen molar-refractivity contribution in [1.29, 1.82) is 0 Å². The predicted octanol–water partition coefficient (Wildman–Crippen LogP) is 0.842. The van der Waals surface area contributed by atoms with Crippen molar-refractivity contribution in [2.75, 3.05) is 18.4 Å². The van der Waals surface area contributed by atoms with Gasteiger partial charge in [-0.3, -0.25) is 19.2 Å². The van der Waals surface area contributed by atoms with E-state index >= 15 is 0 Å². The van der Waals surface area contributed by atoms with E-state index in [0.29, 0.717) is 6.54 Å². The summed E-state index contributed by atoms with van der Waals surface area (Å²) in [6.07, 6.45) is -0.672. The molecule has 0 bridgehead atoms. The van der Waals surface area contributed by atoms with Gasteiger partial charge < -0.3 is 36.8 Å². The van der Waals surface area contributed by atoms with Crippen LogP contribution in [0.1, 0.15) is 54.4 Å². The van der Waals surface area contributed by atoms with Crippen molar-refractivity contribution in [3.8, 4) is 5.75 Å². The number of ketones is 2. The molecule has 37 heavy (non-hydrogen) atoms. The molecule has 1 aromatic carbocycles. The van der Waals surface area contributed by atoms with E-state index in [-0.39, 0.29) is 66.6 Å². The second-order valence-corrected chi connectivity index (χ2v) is 9.44. The molecule has 0 heterocycles. The molecule has 11 nitrogen and oxygen atoms in total. The minimum atomic E-state index is -2.38. The summed E-state index contributed by atoms with van der Waals surface area (Å²) in [5.74, 6) is -7.53. The first-order chi connectivity index (χ1) is 16.5. The van der Waals surface area contributed by atoms with Crippen LogP contribution >= 0.6 is 24.8 Å². The number of aromatic hydroxyl groups is 1. The van der Waals surface area contributed by atoms with Gasteiger partial charge in [0.05, 0.1) is 29.8 Å². The van der Waals surface area contributed by atoms with Gasteiger partial charge in [-0.15, -0.1) is 24.8 Å². The Bertz CT molecular complexity index is 1160. The van der Waals surface area contributed by atoms with Gasteiger partial charge in [-0.05, 0) is 37.4 Å². The van der Waals surface area contributed by atoms with Crippen LogP contribution in [-0.2, 0) is 14.4 Å². The number of phenolic OH excluding ortho intramolecular Hbond substituents is 1. The van der Waals surface area contributed by atoms with Gasteiger partial charge in [0.2, 0.25) is 11.8 Å². The van der Waals surface area contributed by atoms with Gasteiger partial charge in [-0.2, -0.15) is 0 Å². The summed E-state index contributed by atoms with van der Waals surface area (Å²) in [6.45, 7) is 2.51. The molecule has 1 aromatic rings. The van der Waals surface area contributed by atoms with Crippen LogP contribution in [0.5, 0.6) is 5.75 Å². The number of anilines is 1. The first-order valence-corrected chi connectivity index (χ1v) is 11.6. The van der Waals surface area contributed by atoms with Crippen LogP contribution < -0.4 is 16.4 Å². The van der Waals surface area contributed by atoms with E-state index in [1.165, 1.54) is 12.1 Å². The average Bonchev–Trinajstić information content (AvgIpc) is 2.78. The van der Waals surface area contributed by atoms with Gasteiger partial charge in [-0.1, -0.05) is 13.0 Å². The fourth-order valence-electron chi connectivity index (χ4n) is 5.64. The number of allylic oxidation sites excluding steroid dienone is 1. The van der Waals surface area contributed by atoms with Crippen molar-refractivity contribution in [2.24, 2.45) is 17.6 Å². The van der Waals surface area contributed by atoms with Crippen LogP contribution in [0.15, 0.2) is 23.5 Å². The molecule has 0 aromatic heterocycles. The third-order valence-corrected chi connectivity index (χ3v) is 7.23. The van der Waals surface area contributed by atoms with E-state index in [0.717, 1.165) is 6.42 Å². The largest absolute Gasteiger partial charge is 0.508 e. The maximum Gasteiger partial charge on any atom is 0.238 e. The molecule has 0 saturated heterocycles. The molecular formula is C24H31Cl2N3O8. The van der Waals surface area contributed by atoms with Gasteiger partial charge in [0.25, 0.3) is 0 Å². The maximum atomic E-state index is 13.6. The Balaban J connectivity index is 0.00000241. The highest BCUT2D eigenvalue weighted by atomic mass is 35.5. The Labute approximate surface area is 225 Å². The number of carbonyl (C=O) groups excluding carboxylic acids is 4. The molecule has 0 spiro atoms. The van der Waals surface area contributed by atoms with Gasteiger partial charge in [0.15, 0.2) is 22.9 Å². The second-order valence-electron chi connectivity index (χ2n) is 9.44. The minimum absolute atomic E-state index is 0. The number of rotatable bonds is 6. The molecule has 3 aliphatic rings. The summed E-state index contributed by atoms with van der Waals surface area (Å²) >= 11 is 0. The van der Waals surface area contributed by atoms with Crippen molar-refractivity contribution in [1.82, 2.24) is 5.32 Å². The van der Waals surface area contributed by atoms with E-state index in [1.54, 1.807) is 0 Å². The number of fused-ring (bicyclic) bond motifs is 3. The van der Waals surface area contributed by atoms with Gasteiger partial charge in [0, 0.05) is 23.8 Å². The normalized spacial score (nSPS) is 28.2. The SMILES string of the molecule is CCCNCC(=O)Nc1ccc2c(c1O)C(=O)C1=C(O)C3(O)C(=O)CC(O)CC3CC1C2C(N)=O.Cl.Cl. The van der Waals surface area contributed by atoms with Crippen molar-refractivity contribution in [2.45, 2.75) is 50.2 Å². The fraction of sp³-hybridized carbons (Fsp3) is 0.500. The zero-order valence-electron chi connectivity index (χ0n) is 20.0. The number of halogens is 2. The van der Waals surface area contributed by atoms with Gasteiger partial charge >= 0.3 is 0 Å². The zero-order valence-corrected chi connectivity index (χ0v) is 21.7. The molecule has 8 N–H and O–H groups in total. The number of aliphatic hydroxyl groups excluding tert-OH is 2. The van der Waals surface area contributed by atoms with Crippen molar-refractivity contribution in [3.05, 3.63) is 34.6 Å². The molecule has 13 heteroatoms. The number of amides is 2. The van der Waals surface area contributed by atoms with Gasteiger partial charge in [-0.25, -0.2) is 0 Å². The smallest absolute Gasteiger partial charge is 0.238 e. The van der Waals surface area contributed by atoms with E-state index in [9.17, 15) is 39.6 Å². The Morgan fingerprint density at radius 2 is 1.84 bits per heavy atom. The molecule has 2 amide bonds. The van der Waals surface area contributed by atoms with Crippen LogP contribution in [0.2, 0.25) is 0 Å². The molecule has 5 atom stereocenters. The number of primary amides is 1. The number of hydrogen-bond acceptors (Lipinski definition) is 9. The van der Waals surface area contributed by atoms with Crippen molar-refractivity contribution >= 4 is 53.9 Å². The van der Waals surface area contributed by atoms with Crippen LogP contribution in [0.4, 0.5) is 5.69 Å². The third kappa shape index (κ3) is 4.94. The van der Waals surface area contributed by atoms with E-state index in [2.05, 4.69) is 10.6 Å². The lowest BCUT2D eigenvalue weighted by molar-refractivity contribution is -0.155. The lowest BCUT2D eigenvalue weighted by Gasteiger charge is -2.48. The molecule has 3 aliphatic carbocycles. The molecule has 0 radical (unpaired) electrons. The molecule has 5 unspecified atom stereocenters. The van der Waals surface area contributed by atoms with Crippen LogP contribution in [0, 0.1) is 11.8 Å². The number of nitrogens with two attached hydrogens (primary N) is 1. The van der Waals surface area contributed by atoms with Gasteiger partial charge in [0.1, 0.15) is 5.76 Å². The number of Topliss-reactive ketones (excluding diaryl/α,β-unsaturated/α-hetero) is 2. The van der Waals surface area contributed by atoms with Crippen molar-refractivity contribution in [3.63, 3.8) is 0 Å². The number of benzene rings is 1. The molecular weight excluding hydrogens is 529 g/mol. The minimum Gasteiger partial charge on any atom is -0.508 e. The zero-order chi connectivity index (χ0) is 25.7. The van der Waals surface area contributed by atoms with E-state index in [4.69, 9.17) is 5.73 Å². The average molecular weight is 560 g/mol. The molecule has 4 rings (SSSR count). The maximum absolute atomic E-state index is 13.6. The summed E-state index contributed by atoms with van der Waals surface area (Å²) in [7, 11) is 0. The summed E-state index contributed by atoms with van der Waals surface area (Å²) in [5, 5.41) is 48.6. The lowest BCUT2D eigenvalue weighted by Crippen LogP contribution is -2.58. The lowest BCUT2D eigenvalue weighted by atomic mass is 9.57. The van der Waals surface area contributed by atoms with Crippen LogP contribution in [0.25, 0.3) is 0 Å². The Hall–Kier alpha value is -2.70. The first-order valence-electron chi connectivity index (χ1n) is 11.6.